The number of piperidine rings is 1. The summed E-state index contributed by atoms with van der Waals surface area (Å²) >= 11 is 0. The second kappa shape index (κ2) is 6.01. The highest BCUT2D eigenvalue weighted by Gasteiger charge is 2.55. The maximum Gasteiger partial charge on any atom is 0.417 e. The molecule has 5 nitrogen and oxygen atoms in total. The summed E-state index contributed by atoms with van der Waals surface area (Å²) in [5.74, 6) is -2.00. The number of carboxylic acid groups (broad SMARTS) is 1. The number of aliphatic carboxylic acids is 1. The lowest BCUT2D eigenvalue weighted by molar-refractivity contribution is -0.153. The number of carbonyl (C=O) groups is 2. The van der Waals surface area contributed by atoms with Crippen LogP contribution in [0.3, 0.4) is 0 Å². The van der Waals surface area contributed by atoms with Crippen molar-refractivity contribution < 1.29 is 27.9 Å². The van der Waals surface area contributed by atoms with Gasteiger partial charge in [-0.25, -0.2) is 0 Å². The van der Waals surface area contributed by atoms with Crippen molar-refractivity contribution in [2.75, 3.05) is 33.2 Å². The molecule has 2 aliphatic heterocycles. The summed E-state index contributed by atoms with van der Waals surface area (Å²) < 4.78 is 39.5. The minimum Gasteiger partial charge on any atom is -0.481 e. The number of carboxylic acids is 1. The molecule has 0 aliphatic carbocycles. The minimum atomic E-state index is -4.64. The summed E-state index contributed by atoms with van der Waals surface area (Å²) in [6.45, 7) is 1.10. The number of fused-ring (bicyclic) bond motifs is 1. The molecule has 0 aromatic heterocycles. The third-order valence-electron chi connectivity index (χ3n) is 5.28. The number of likely N-dealkylation sites (tertiary alicyclic amines) is 2. The largest absolute Gasteiger partial charge is 0.481 e. The van der Waals surface area contributed by atoms with Crippen molar-refractivity contribution in [1.82, 2.24) is 9.80 Å². The van der Waals surface area contributed by atoms with Crippen LogP contribution in [0.15, 0.2) is 24.3 Å². The average molecular weight is 356 g/mol. The quantitative estimate of drug-likeness (QED) is 0.882. The summed E-state index contributed by atoms with van der Waals surface area (Å²) in [6, 6.07) is 4.63. The van der Waals surface area contributed by atoms with E-state index in [1.54, 1.807) is 0 Å². The normalized spacial score (nSPS) is 27.2. The van der Waals surface area contributed by atoms with E-state index in [0.717, 1.165) is 12.1 Å². The van der Waals surface area contributed by atoms with Gasteiger partial charge < -0.3 is 14.9 Å². The lowest BCUT2D eigenvalue weighted by Crippen LogP contribution is -2.52. The Labute approximate surface area is 143 Å². The topological polar surface area (TPSA) is 60.9 Å². The molecule has 0 spiro atoms. The Morgan fingerprint density at radius 1 is 1.24 bits per heavy atom. The predicted octanol–water partition coefficient (Wildman–Crippen LogP) is 2.18. The zero-order valence-corrected chi connectivity index (χ0v) is 13.7. The molecule has 2 fully saturated rings. The second-order valence-corrected chi connectivity index (χ2v) is 6.91. The molecule has 1 amide bonds. The molecule has 1 N–H and O–H groups in total. The van der Waals surface area contributed by atoms with Crippen molar-refractivity contribution in [3.05, 3.63) is 35.4 Å². The number of hydrogen-bond donors (Lipinski definition) is 1. The molecule has 0 bridgehead atoms. The standard InChI is InChI=1S/C17H19F3N2O3/c1-21-7-6-11-8-22(10-16(11,9-21)15(24)25)14(23)12-4-2-3-5-13(12)17(18,19)20/h2-5,11H,6-10H2,1H3,(H,24,25)/t11-,16-/m0/s1. The van der Waals surface area contributed by atoms with E-state index >= 15 is 0 Å². The number of alkyl halides is 3. The van der Waals surface area contributed by atoms with Crippen LogP contribution in [0.2, 0.25) is 0 Å². The highest BCUT2D eigenvalue weighted by atomic mass is 19.4. The molecule has 8 heteroatoms. The highest BCUT2D eigenvalue weighted by Crippen LogP contribution is 2.43. The third-order valence-corrected chi connectivity index (χ3v) is 5.28. The molecule has 1 aromatic rings. The molecular weight excluding hydrogens is 337 g/mol. The molecule has 1 aromatic carbocycles. The van der Waals surface area contributed by atoms with E-state index in [2.05, 4.69) is 0 Å². The van der Waals surface area contributed by atoms with Gasteiger partial charge in [-0.2, -0.15) is 13.2 Å². The van der Waals surface area contributed by atoms with Gasteiger partial charge in [0.15, 0.2) is 0 Å². The molecule has 0 saturated carbocycles. The number of rotatable bonds is 2. The van der Waals surface area contributed by atoms with E-state index in [4.69, 9.17) is 0 Å². The number of nitrogens with zero attached hydrogens (tertiary/aromatic N) is 2. The molecule has 136 valence electrons. The van der Waals surface area contributed by atoms with Gasteiger partial charge in [0.1, 0.15) is 5.41 Å². The zero-order valence-electron chi connectivity index (χ0n) is 13.7. The lowest BCUT2D eigenvalue weighted by Gasteiger charge is -2.39. The van der Waals surface area contributed by atoms with Crippen molar-refractivity contribution in [3.8, 4) is 0 Å². The van der Waals surface area contributed by atoms with Gasteiger partial charge in [0.25, 0.3) is 5.91 Å². The van der Waals surface area contributed by atoms with E-state index in [1.807, 2.05) is 11.9 Å². The first-order valence-corrected chi connectivity index (χ1v) is 8.02. The molecule has 3 rings (SSSR count). The number of benzene rings is 1. The summed E-state index contributed by atoms with van der Waals surface area (Å²) in [5, 5.41) is 9.73. The smallest absolute Gasteiger partial charge is 0.417 e. The van der Waals surface area contributed by atoms with E-state index in [1.165, 1.54) is 17.0 Å². The maximum absolute atomic E-state index is 13.2. The van der Waals surface area contributed by atoms with Gasteiger partial charge in [0.2, 0.25) is 0 Å². The number of halogens is 3. The molecule has 0 radical (unpaired) electrons. The predicted molar refractivity (Wildman–Crippen MR) is 83.0 cm³/mol. The number of hydrogen-bond acceptors (Lipinski definition) is 3. The summed E-state index contributed by atoms with van der Waals surface area (Å²) in [7, 11) is 1.81. The molecule has 2 heterocycles. The van der Waals surface area contributed by atoms with Gasteiger partial charge in [-0.1, -0.05) is 12.1 Å². The average Bonchev–Trinajstić information content (AvgIpc) is 2.93. The van der Waals surface area contributed by atoms with Crippen molar-refractivity contribution >= 4 is 11.9 Å². The van der Waals surface area contributed by atoms with Crippen LogP contribution in [0, 0.1) is 11.3 Å². The SMILES string of the molecule is CN1CC[C@H]2CN(C(=O)c3ccccc3C(F)(F)F)C[C@@]2(C(=O)O)C1. The van der Waals surface area contributed by atoms with Crippen molar-refractivity contribution in [1.29, 1.82) is 0 Å². The fraction of sp³-hybridized carbons (Fsp3) is 0.529. The lowest BCUT2D eigenvalue weighted by atomic mass is 9.73. The molecule has 2 atom stereocenters. The molecule has 0 unspecified atom stereocenters. The Morgan fingerprint density at radius 2 is 1.92 bits per heavy atom. The van der Waals surface area contributed by atoms with E-state index in [-0.39, 0.29) is 25.6 Å². The first-order chi connectivity index (χ1) is 11.6. The van der Waals surface area contributed by atoms with Crippen LogP contribution in [0.5, 0.6) is 0 Å². The summed E-state index contributed by atoms with van der Waals surface area (Å²) in [4.78, 5) is 27.8. The van der Waals surface area contributed by atoms with Gasteiger partial charge >= 0.3 is 12.1 Å². The Kier molecular flexibility index (Phi) is 4.26. The maximum atomic E-state index is 13.2. The van der Waals surface area contributed by atoms with Gasteiger partial charge in [-0.3, -0.25) is 9.59 Å². The number of amides is 1. The minimum absolute atomic E-state index is 0.0671. The third kappa shape index (κ3) is 2.99. The summed E-state index contributed by atoms with van der Waals surface area (Å²) in [5.41, 5.74) is -2.53. The van der Waals surface area contributed by atoms with Crippen LogP contribution in [0.25, 0.3) is 0 Å². The van der Waals surface area contributed by atoms with Crippen LogP contribution in [-0.2, 0) is 11.0 Å². The number of carbonyl (C=O) groups excluding carboxylic acids is 1. The summed E-state index contributed by atoms with van der Waals surface area (Å²) in [6.07, 6.45) is -4.03. The Hall–Kier alpha value is -2.09. The van der Waals surface area contributed by atoms with E-state index < -0.39 is 34.6 Å². The fourth-order valence-electron chi connectivity index (χ4n) is 4.01. The Morgan fingerprint density at radius 3 is 2.56 bits per heavy atom. The van der Waals surface area contributed by atoms with E-state index in [0.29, 0.717) is 13.0 Å². The molecule has 2 saturated heterocycles. The van der Waals surface area contributed by atoms with Crippen molar-refractivity contribution in [3.63, 3.8) is 0 Å². The van der Waals surface area contributed by atoms with Gasteiger partial charge in [-0.05, 0) is 38.1 Å². The molecule has 2 aliphatic rings. The molecule has 25 heavy (non-hydrogen) atoms. The fourth-order valence-corrected chi connectivity index (χ4v) is 4.01. The Balaban J connectivity index is 1.92. The highest BCUT2D eigenvalue weighted by molar-refractivity contribution is 5.96. The second-order valence-electron chi connectivity index (χ2n) is 6.91. The van der Waals surface area contributed by atoms with Crippen LogP contribution < -0.4 is 0 Å². The van der Waals surface area contributed by atoms with Crippen LogP contribution in [0.4, 0.5) is 13.2 Å². The van der Waals surface area contributed by atoms with Crippen molar-refractivity contribution in [2.24, 2.45) is 11.3 Å². The van der Waals surface area contributed by atoms with Gasteiger partial charge in [-0.15, -0.1) is 0 Å². The first-order valence-electron chi connectivity index (χ1n) is 8.02. The van der Waals surface area contributed by atoms with Gasteiger partial charge in [0, 0.05) is 19.6 Å². The van der Waals surface area contributed by atoms with Crippen LogP contribution in [-0.4, -0.2) is 60.0 Å². The monoisotopic (exact) mass is 356 g/mol. The van der Waals surface area contributed by atoms with Crippen LogP contribution in [0.1, 0.15) is 22.3 Å². The van der Waals surface area contributed by atoms with E-state index in [9.17, 15) is 27.9 Å². The van der Waals surface area contributed by atoms with Crippen LogP contribution >= 0.6 is 0 Å². The van der Waals surface area contributed by atoms with Crippen molar-refractivity contribution in [2.45, 2.75) is 12.6 Å². The first kappa shape index (κ1) is 17.7. The molecular formula is C17H19F3N2O3. The van der Waals surface area contributed by atoms with Gasteiger partial charge in [0.05, 0.1) is 11.1 Å². The Bertz CT molecular complexity index is 707. The zero-order chi connectivity index (χ0) is 18.4.